The maximum atomic E-state index is 6.53. The monoisotopic (exact) mass is 578 g/mol. The minimum absolute atomic E-state index is 0.910. The van der Waals surface area contributed by atoms with Crippen LogP contribution in [0.5, 0.6) is 0 Å². The van der Waals surface area contributed by atoms with E-state index in [4.69, 9.17) is 4.42 Å². The molecule has 0 saturated carbocycles. The molecule has 0 spiro atoms. The molecule has 0 aliphatic heterocycles. The van der Waals surface area contributed by atoms with Gasteiger partial charge < -0.3 is 4.42 Å². The quantitative estimate of drug-likeness (QED) is 0.202. The van der Waals surface area contributed by atoms with Gasteiger partial charge in [-0.15, -0.1) is 11.3 Å². The van der Waals surface area contributed by atoms with Crippen LogP contribution < -0.4 is 0 Å². The van der Waals surface area contributed by atoms with E-state index in [-0.39, 0.29) is 0 Å². The molecule has 9 aromatic rings. The number of hydrogen-bond acceptors (Lipinski definition) is 2. The molecule has 44 heavy (non-hydrogen) atoms. The van der Waals surface area contributed by atoms with Crippen molar-refractivity contribution in [1.29, 1.82) is 0 Å². The van der Waals surface area contributed by atoms with E-state index in [9.17, 15) is 0 Å². The maximum Gasteiger partial charge on any atom is 0.136 e. The standard InChI is InChI=1S/C42H26OS/c1-2-11-27(12-3-1)28-13-8-14-29(23-28)30-15-9-16-31(24-30)32-25-37(41-36-18-4-6-21-38(36)43-39(41)26-32)35-20-10-19-34-33-17-5-7-22-40(33)44-42(34)35/h1-26H. The van der Waals surface area contributed by atoms with Crippen molar-refractivity contribution in [3.8, 4) is 44.5 Å². The molecule has 2 heterocycles. The van der Waals surface area contributed by atoms with Crippen molar-refractivity contribution in [3.63, 3.8) is 0 Å². The van der Waals surface area contributed by atoms with Crippen LogP contribution in [0.2, 0.25) is 0 Å². The molecule has 7 aromatic carbocycles. The number of thiophene rings is 1. The molecule has 0 atom stereocenters. The summed E-state index contributed by atoms with van der Waals surface area (Å²) < 4.78 is 9.15. The molecule has 9 rings (SSSR count). The maximum absolute atomic E-state index is 6.53. The van der Waals surface area contributed by atoms with Crippen LogP contribution in [-0.2, 0) is 0 Å². The molecule has 206 valence electrons. The lowest BCUT2D eigenvalue weighted by Crippen LogP contribution is -1.86. The van der Waals surface area contributed by atoms with Gasteiger partial charge in [-0.3, -0.25) is 0 Å². The van der Waals surface area contributed by atoms with Crippen LogP contribution in [-0.4, -0.2) is 0 Å². The van der Waals surface area contributed by atoms with E-state index in [0.29, 0.717) is 0 Å². The molecule has 0 fully saturated rings. The van der Waals surface area contributed by atoms with Gasteiger partial charge in [-0.2, -0.15) is 0 Å². The van der Waals surface area contributed by atoms with Crippen molar-refractivity contribution in [3.05, 3.63) is 158 Å². The zero-order chi connectivity index (χ0) is 29.0. The van der Waals surface area contributed by atoms with Crippen molar-refractivity contribution in [1.82, 2.24) is 0 Å². The van der Waals surface area contributed by atoms with Gasteiger partial charge in [0, 0.05) is 36.5 Å². The summed E-state index contributed by atoms with van der Waals surface area (Å²) in [6.07, 6.45) is 0. The Hall–Kier alpha value is -5.44. The van der Waals surface area contributed by atoms with Crippen molar-refractivity contribution >= 4 is 53.4 Å². The number of para-hydroxylation sites is 1. The van der Waals surface area contributed by atoms with Gasteiger partial charge >= 0.3 is 0 Å². The summed E-state index contributed by atoms with van der Waals surface area (Å²) in [5.74, 6) is 0. The van der Waals surface area contributed by atoms with Crippen LogP contribution in [0.25, 0.3) is 86.6 Å². The summed E-state index contributed by atoms with van der Waals surface area (Å²) in [5.41, 5.74) is 11.4. The highest BCUT2D eigenvalue weighted by Crippen LogP contribution is 2.45. The Labute approximate surface area is 259 Å². The molecule has 0 N–H and O–H groups in total. The fraction of sp³-hybridized carbons (Fsp3) is 0. The molecule has 2 aromatic heterocycles. The third-order valence-corrected chi connectivity index (χ3v) is 9.89. The van der Waals surface area contributed by atoms with Gasteiger partial charge in [0.1, 0.15) is 11.2 Å². The van der Waals surface area contributed by atoms with Crippen LogP contribution in [0.4, 0.5) is 0 Å². The number of furan rings is 1. The van der Waals surface area contributed by atoms with E-state index in [1.54, 1.807) is 0 Å². The minimum atomic E-state index is 0.910. The van der Waals surface area contributed by atoms with E-state index in [1.807, 2.05) is 17.4 Å². The van der Waals surface area contributed by atoms with Crippen molar-refractivity contribution in [2.45, 2.75) is 0 Å². The normalized spacial score (nSPS) is 11.6. The lowest BCUT2D eigenvalue weighted by Gasteiger charge is -2.12. The summed E-state index contributed by atoms with van der Waals surface area (Å²) in [4.78, 5) is 0. The highest BCUT2D eigenvalue weighted by atomic mass is 32.1. The highest BCUT2D eigenvalue weighted by molar-refractivity contribution is 7.26. The Morgan fingerprint density at radius 2 is 0.955 bits per heavy atom. The first-order valence-electron chi connectivity index (χ1n) is 14.9. The second-order valence-corrected chi connectivity index (χ2v) is 12.4. The average Bonchev–Trinajstić information content (AvgIpc) is 3.67. The van der Waals surface area contributed by atoms with Crippen molar-refractivity contribution in [2.24, 2.45) is 0 Å². The molecule has 2 heteroatoms. The van der Waals surface area contributed by atoms with Gasteiger partial charge in [0.15, 0.2) is 0 Å². The second-order valence-electron chi connectivity index (χ2n) is 11.3. The molecule has 0 amide bonds. The Morgan fingerprint density at radius 1 is 0.364 bits per heavy atom. The van der Waals surface area contributed by atoms with Crippen molar-refractivity contribution in [2.75, 3.05) is 0 Å². The first-order valence-corrected chi connectivity index (χ1v) is 15.7. The molecule has 0 radical (unpaired) electrons. The molecule has 0 aliphatic carbocycles. The van der Waals surface area contributed by atoms with Crippen LogP contribution in [0.15, 0.2) is 162 Å². The third kappa shape index (κ3) is 4.07. The van der Waals surface area contributed by atoms with Crippen LogP contribution in [0.3, 0.4) is 0 Å². The number of hydrogen-bond donors (Lipinski definition) is 0. The van der Waals surface area contributed by atoms with Gasteiger partial charge in [0.05, 0.1) is 0 Å². The lowest BCUT2D eigenvalue weighted by molar-refractivity contribution is 0.669. The van der Waals surface area contributed by atoms with Crippen molar-refractivity contribution < 1.29 is 4.42 Å². The highest BCUT2D eigenvalue weighted by Gasteiger charge is 2.18. The summed E-state index contributed by atoms with van der Waals surface area (Å²) in [5, 5.41) is 4.92. The van der Waals surface area contributed by atoms with Gasteiger partial charge in [0.2, 0.25) is 0 Å². The first kappa shape index (κ1) is 25.1. The number of fused-ring (bicyclic) bond motifs is 6. The molecular formula is C42H26OS. The zero-order valence-corrected chi connectivity index (χ0v) is 24.6. The first-order chi connectivity index (χ1) is 21.8. The van der Waals surface area contributed by atoms with Crippen LogP contribution in [0.1, 0.15) is 0 Å². The summed E-state index contributed by atoms with van der Waals surface area (Å²) in [6.45, 7) is 0. The molecule has 0 saturated heterocycles. The van der Waals surface area contributed by atoms with Gasteiger partial charge in [-0.05, 0) is 75.3 Å². The van der Waals surface area contributed by atoms with Gasteiger partial charge in [-0.1, -0.05) is 121 Å². The largest absolute Gasteiger partial charge is 0.456 e. The molecular weight excluding hydrogens is 553 g/mol. The van der Waals surface area contributed by atoms with Crippen LogP contribution in [0, 0.1) is 0 Å². The molecule has 1 nitrogen and oxygen atoms in total. The van der Waals surface area contributed by atoms with Gasteiger partial charge in [-0.25, -0.2) is 0 Å². The van der Waals surface area contributed by atoms with Gasteiger partial charge in [0.25, 0.3) is 0 Å². The summed E-state index contributed by atoms with van der Waals surface area (Å²) in [6, 6.07) is 56.6. The van der Waals surface area contributed by atoms with E-state index in [2.05, 4.69) is 152 Å². The average molecular weight is 579 g/mol. The predicted octanol–water partition coefficient (Wildman–Crippen LogP) is 12.6. The van der Waals surface area contributed by atoms with E-state index < -0.39 is 0 Å². The van der Waals surface area contributed by atoms with E-state index in [0.717, 1.165) is 22.1 Å². The Balaban J connectivity index is 1.26. The van der Waals surface area contributed by atoms with Crippen LogP contribution >= 0.6 is 11.3 Å². The Kier molecular flexibility index (Phi) is 5.75. The topological polar surface area (TPSA) is 13.1 Å². The molecule has 0 aliphatic rings. The lowest BCUT2D eigenvalue weighted by atomic mass is 9.92. The second kappa shape index (κ2) is 10.1. The summed E-state index contributed by atoms with van der Waals surface area (Å²) in [7, 11) is 0. The Bertz CT molecular complexity index is 2500. The smallest absolute Gasteiger partial charge is 0.136 e. The zero-order valence-electron chi connectivity index (χ0n) is 23.8. The summed E-state index contributed by atoms with van der Waals surface area (Å²) >= 11 is 1.87. The molecule has 0 unspecified atom stereocenters. The number of benzene rings is 7. The SMILES string of the molecule is c1ccc(-c2cccc(-c3cccc(-c4cc(-c5cccc6c5sc5ccccc56)c5c(c4)oc4ccccc45)c3)c2)cc1. The fourth-order valence-electron chi connectivity index (χ4n) is 6.58. The minimum Gasteiger partial charge on any atom is -0.456 e. The van der Waals surface area contributed by atoms with E-state index in [1.165, 1.54) is 64.5 Å². The predicted molar refractivity (Wildman–Crippen MR) is 188 cm³/mol. The fourth-order valence-corrected chi connectivity index (χ4v) is 7.81. The Morgan fingerprint density at radius 3 is 1.75 bits per heavy atom. The third-order valence-electron chi connectivity index (χ3n) is 8.67. The molecule has 0 bridgehead atoms. The number of rotatable bonds is 4. The van der Waals surface area contributed by atoms with E-state index >= 15 is 0 Å².